The fourth-order valence-electron chi connectivity index (χ4n) is 5.78. The maximum atomic E-state index is 14.1. The molecule has 1 aliphatic heterocycles. The van der Waals surface area contributed by atoms with Crippen LogP contribution in [0.1, 0.15) is 43.0 Å². The quantitative estimate of drug-likeness (QED) is 0.262. The third kappa shape index (κ3) is 6.42. The molecule has 1 aromatic heterocycles. The molecule has 1 saturated heterocycles. The number of aromatic nitrogens is 2. The van der Waals surface area contributed by atoms with E-state index in [2.05, 4.69) is 9.88 Å². The van der Waals surface area contributed by atoms with Crippen molar-refractivity contribution < 1.29 is 23.8 Å². The Morgan fingerprint density at radius 1 is 1.15 bits per heavy atom. The highest BCUT2D eigenvalue weighted by molar-refractivity contribution is 5.83. The fourth-order valence-corrected chi connectivity index (χ4v) is 5.78. The smallest absolute Gasteiger partial charge is 0.404 e. The molecule has 210 valence electrons. The summed E-state index contributed by atoms with van der Waals surface area (Å²) in [6.07, 6.45) is 1.79. The molecule has 5 rings (SSSR count). The molecule has 8 nitrogen and oxygen atoms in total. The van der Waals surface area contributed by atoms with Gasteiger partial charge in [0.25, 0.3) is 0 Å². The number of halogens is 1. The van der Waals surface area contributed by atoms with Gasteiger partial charge in [0.2, 0.25) is 5.91 Å². The molecule has 2 amide bonds. The summed E-state index contributed by atoms with van der Waals surface area (Å²) in [6.45, 7) is 2.33. The lowest BCUT2D eigenvalue weighted by Crippen LogP contribution is -2.44. The number of hydrogen-bond donors (Lipinski definition) is 2. The SMILES string of the molecule is COCCCn1c([C@@H]2CCCN(C(=O)C[C@@H](Cc3ccc4ccccc4c3)NC(=O)O)C2)nc2ccc(F)cc21. The maximum absolute atomic E-state index is 14.1. The average Bonchev–Trinajstić information content (AvgIpc) is 3.30. The number of benzene rings is 3. The minimum absolute atomic E-state index is 0.00192. The third-order valence-corrected chi connectivity index (χ3v) is 7.65. The molecule has 0 aliphatic carbocycles. The van der Waals surface area contributed by atoms with E-state index in [0.717, 1.165) is 52.5 Å². The summed E-state index contributed by atoms with van der Waals surface area (Å²) < 4.78 is 21.4. The Labute approximate surface area is 232 Å². The largest absolute Gasteiger partial charge is 0.465 e. The molecular weight excluding hydrogens is 511 g/mol. The predicted molar refractivity (Wildman–Crippen MR) is 152 cm³/mol. The first kappa shape index (κ1) is 27.6. The van der Waals surface area contributed by atoms with Crippen molar-refractivity contribution in [2.75, 3.05) is 26.8 Å². The Morgan fingerprint density at radius 3 is 2.77 bits per heavy atom. The van der Waals surface area contributed by atoms with Crippen molar-refractivity contribution in [2.24, 2.45) is 0 Å². The van der Waals surface area contributed by atoms with Crippen LogP contribution in [0, 0.1) is 5.82 Å². The number of imidazole rings is 1. The van der Waals surface area contributed by atoms with Crippen LogP contribution in [0.4, 0.5) is 9.18 Å². The summed E-state index contributed by atoms with van der Waals surface area (Å²) in [5.74, 6) is 0.459. The van der Waals surface area contributed by atoms with Gasteiger partial charge in [-0.15, -0.1) is 0 Å². The van der Waals surface area contributed by atoms with E-state index in [1.807, 2.05) is 47.4 Å². The number of nitrogens with one attached hydrogen (secondary N) is 1. The molecular formula is C31H35FN4O4. The Bertz CT molecular complexity index is 1500. The number of carbonyl (C=O) groups is 2. The highest BCUT2D eigenvalue weighted by Gasteiger charge is 2.30. The monoisotopic (exact) mass is 546 g/mol. The zero-order valence-corrected chi connectivity index (χ0v) is 22.7. The number of amides is 2. The van der Waals surface area contributed by atoms with Crippen LogP contribution < -0.4 is 5.32 Å². The van der Waals surface area contributed by atoms with Crippen molar-refractivity contribution in [2.45, 2.75) is 50.6 Å². The number of hydrogen-bond acceptors (Lipinski definition) is 4. The number of nitrogens with zero attached hydrogens (tertiary/aromatic N) is 3. The summed E-state index contributed by atoms with van der Waals surface area (Å²) in [4.78, 5) is 31.7. The van der Waals surface area contributed by atoms with Crippen LogP contribution in [0.25, 0.3) is 21.8 Å². The van der Waals surface area contributed by atoms with Crippen molar-refractivity contribution in [1.82, 2.24) is 19.8 Å². The van der Waals surface area contributed by atoms with Crippen molar-refractivity contribution in [3.63, 3.8) is 0 Å². The summed E-state index contributed by atoms with van der Waals surface area (Å²) in [7, 11) is 1.66. The Kier molecular flexibility index (Phi) is 8.60. The number of carboxylic acid groups (broad SMARTS) is 1. The van der Waals surface area contributed by atoms with E-state index in [-0.39, 0.29) is 24.1 Å². The number of fused-ring (bicyclic) bond motifs is 2. The summed E-state index contributed by atoms with van der Waals surface area (Å²) in [5.41, 5.74) is 2.45. The van der Waals surface area contributed by atoms with E-state index < -0.39 is 12.1 Å². The Hall–Kier alpha value is -3.98. The van der Waals surface area contributed by atoms with Gasteiger partial charge in [0.05, 0.1) is 11.0 Å². The van der Waals surface area contributed by atoms with Gasteiger partial charge in [-0.1, -0.05) is 42.5 Å². The van der Waals surface area contributed by atoms with Gasteiger partial charge < -0.3 is 24.6 Å². The second-order valence-corrected chi connectivity index (χ2v) is 10.5. The number of methoxy groups -OCH3 is 1. The number of likely N-dealkylation sites (tertiary alicyclic amines) is 1. The first-order valence-corrected chi connectivity index (χ1v) is 13.8. The van der Waals surface area contributed by atoms with Gasteiger partial charge >= 0.3 is 6.09 Å². The second kappa shape index (κ2) is 12.5. The van der Waals surface area contributed by atoms with Crippen molar-refractivity contribution >= 4 is 33.8 Å². The molecule has 0 radical (unpaired) electrons. The van der Waals surface area contributed by atoms with Crippen molar-refractivity contribution in [3.8, 4) is 0 Å². The minimum atomic E-state index is -1.15. The van der Waals surface area contributed by atoms with Crippen LogP contribution in [0.15, 0.2) is 60.7 Å². The Morgan fingerprint density at radius 2 is 1.98 bits per heavy atom. The van der Waals surface area contributed by atoms with Gasteiger partial charge in [0.15, 0.2) is 0 Å². The lowest BCUT2D eigenvalue weighted by Gasteiger charge is -2.33. The topological polar surface area (TPSA) is 96.7 Å². The first-order valence-electron chi connectivity index (χ1n) is 13.8. The van der Waals surface area contributed by atoms with Gasteiger partial charge in [-0.05, 0) is 60.2 Å². The van der Waals surface area contributed by atoms with Crippen LogP contribution in [-0.2, 0) is 22.5 Å². The molecule has 1 aliphatic rings. The van der Waals surface area contributed by atoms with Crippen LogP contribution in [0.2, 0.25) is 0 Å². The molecule has 9 heteroatoms. The van der Waals surface area contributed by atoms with Crippen LogP contribution >= 0.6 is 0 Å². The molecule has 0 saturated carbocycles. The van der Waals surface area contributed by atoms with Gasteiger partial charge in [-0.25, -0.2) is 14.2 Å². The van der Waals surface area contributed by atoms with E-state index in [9.17, 15) is 19.1 Å². The summed E-state index contributed by atoms with van der Waals surface area (Å²) in [6, 6.07) is 18.1. The van der Waals surface area contributed by atoms with E-state index in [4.69, 9.17) is 9.72 Å². The molecule has 2 heterocycles. The number of piperidine rings is 1. The lowest BCUT2D eigenvalue weighted by atomic mass is 9.95. The molecule has 2 atom stereocenters. The number of aryl methyl sites for hydroxylation is 1. The molecule has 0 bridgehead atoms. The van der Waals surface area contributed by atoms with Gasteiger partial charge in [0, 0.05) is 51.7 Å². The lowest BCUT2D eigenvalue weighted by molar-refractivity contribution is -0.132. The predicted octanol–water partition coefficient (Wildman–Crippen LogP) is 5.34. The molecule has 3 aromatic carbocycles. The van der Waals surface area contributed by atoms with E-state index in [1.54, 1.807) is 13.2 Å². The van der Waals surface area contributed by atoms with Gasteiger partial charge in [0.1, 0.15) is 11.6 Å². The molecule has 4 aromatic rings. The maximum Gasteiger partial charge on any atom is 0.404 e. The van der Waals surface area contributed by atoms with Crippen LogP contribution in [0.5, 0.6) is 0 Å². The molecule has 0 unspecified atom stereocenters. The number of carbonyl (C=O) groups excluding carboxylic acids is 1. The second-order valence-electron chi connectivity index (χ2n) is 10.5. The third-order valence-electron chi connectivity index (χ3n) is 7.65. The molecule has 40 heavy (non-hydrogen) atoms. The number of ether oxygens (including phenoxy) is 1. The summed E-state index contributed by atoms with van der Waals surface area (Å²) >= 11 is 0. The highest BCUT2D eigenvalue weighted by Crippen LogP contribution is 2.30. The van der Waals surface area contributed by atoms with E-state index in [1.165, 1.54) is 12.1 Å². The molecule has 0 spiro atoms. The van der Waals surface area contributed by atoms with Crippen LogP contribution in [0.3, 0.4) is 0 Å². The highest BCUT2D eigenvalue weighted by atomic mass is 19.1. The van der Waals surface area contributed by atoms with Crippen LogP contribution in [-0.4, -0.2) is 64.4 Å². The summed E-state index contributed by atoms with van der Waals surface area (Å²) in [5, 5.41) is 14.2. The fraction of sp³-hybridized carbons (Fsp3) is 0.387. The van der Waals surface area contributed by atoms with Gasteiger partial charge in [-0.3, -0.25) is 4.79 Å². The first-order chi connectivity index (χ1) is 19.4. The van der Waals surface area contributed by atoms with Crippen molar-refractivity contribution in [1.29, 1.82) is 0 Å². The molecule has 2 N–H and O–H groups in total. The minimum Gasteiger partial charge on any atom is -0.465 e. The Balaban J connectivity index is 1.32. The normalized spacial score (nSPS) is 16.4. The van der Waals surface area contributed by atoms with E-state index in [0.29, 0.717) is 32.7 Å². The number of rotatable bonds is 10. The zero-order valence-electron chi connectivity index (χ0n) is 22.7. The van der Waals surface area contributed by atoms with Crippen molar-refractivity contribution in [3.05, 3.63) is 77.9 Å². The average molecular weight is 547 g/mol. The van der Waals surface area contributed by atoms with Gasteiger partial charge in [-0.2, -0.15) is 0 Å². The standard InChI is InChI=1S/C31H35FN4O4/c1-40-15-5-14-36-28-18-25(32)11-12-27(28)34-30(36)24-8-4-13-35(20-24)29(37)19-26(33-31(38)39)17-21-9-10-22-6-2-3-7-23(22)16-21/h2-3,6-7,9-12,16,18,24,26,33H,4-5,8,13-15,17,19-20H2,1H3,(H,38,39)/t24-,26-/m1/s1. The molecule has 1 fully saturated rings. The van der Waals surface area contributed by atoms with E-state index >= 15 is 0 Å². The zero-order chi connectivity index (χ0) is 28.1.